The van der Waals surface area contributed by atoms with Crippen molar-refractivity contribution in [1.29, 1.82) is 0 Å². The van der Waals surface area contributed by atoms with Gasteiger partial charge in [0, 0.05) is 25.0 Å². The molecule has 0 aliphatic carbocycles. The van der Waals surface area contributed by atoms with Gasteiger partial charge < -0.3 is 5.32 Å². The van der Waals surface area contributed by atoms with Crippen LogP contribution in [0.15, 0.2) is 5.38 Å². The molecule has 0 radical (unpaired) electrons. The molecule has 0 aromatic carbocycles. The van der Waals surface area contributed by atoms with Crippen LogP contribution in [0.2, 0.25) is 0 Å². The maximum atomic E-state index is 12.1. The van der Waals surface area contributed by atoms with Gasteiger partial charge in [-0.05, 0) is 24.7 Å². The van der Waals surface area contributed by atoms with Crippen LogP contribution in [-0.4, -0.2) is 49.5 Å². The van der Waals surface area contributed by atoms with Gasteiger partial charge in [-0.3, -0.25) is 4.79 Å². The first-order valence-electron chi connectivity index (χ1n) is 7.46. The summed E-state index contributed by atoms with van der Waals surface area (Å²) in [5.74, 6) is 0.296. The molecule has 0 spiro atoms. The van der Waals surface area contributed by atoms with E-state index in [4.69, 9.17) is 0 Å². The van der Waals surface area contributed by atoms with Crippen molar-refractivity contribution in [2.24, 2.45) is 5.92 Å². The van der Waals surface area contributed by atoms with Crippen molar-refractivity contribution in [2.75, 3.05) is 25.9 Å². The zero-order chi connectivity index (χ0) is 16.3. The molecule has 1 aliphatic rings. The maximum Gasteiger partial charge on any atom is 0.280 e. The van der Waals surface area contributed by atoms with Gasteiger partial charge in [-0.25, -0.2) is 17.7 Å². The largest absolute Gasteiger partial charge is 0.350 e. The minimum atomic E-state index is -3.15. The average molecular weight is 345 g/mol. The Balaban J connectivity index is 1.88. The van der Waals surface area contributed by atoms with Crippen LogP contribution >= 0.6 is 11.3 Å². The van der Waals surface area contributed by atoms with Crippen molar-refractivity contribution in [3.8, 4) is 0 Å². The van der Waals surface area contributed by atoms with Crippen LogP contribution in [0.25, 0.3) is 0 Å². The number of piperidine rings is 1. The summed E-state index contributed by atoms with van der Waals surface area (Å²) < 4.78 is 24.7. The van der Waals surface area contributed by atoms with Crippen LogP contribution in [-0.2, 0) is 10.0 Å². The van der Waals surface area contributed by atoms with Crippen LogP contribution in [0.5, 0.6) is 0 Å². The zero-order valence-corrected chi connectivity index (χ0v) is 14.8. The second kappa shape index (κ2) is 7.06. The molecular weight excluding hydrogens is 322 g/mol. The topological polar surface area (TPSA) is 79.4 Å². The molecule has 124 valence electrons. The number of carbonyl (C=O) groups excluding carboxylic acids is 1. The highest BCUT2D eigenvalue weighted by Gasteiger charge is 2.26. The highest BCUT2D eigenvalue weighted by atomic mass is 32.2. The quantitative estimate of drug-likeness (QED) is 0.880. The van der Waals surface area contributed by atoms with E-state index in [1.165, 1.54) is 21.9 Å². The van der Waals surface area contributed by atoms with Crippen molar-refractivity contribution >= 4 is 27.3 Å². The molecule has 1 saturated heterocycles. The third-order valence-corrected chi connectivity index (χ3v) is 5.94. The van der Waals surface area contributed by atoms with Crippen molar-refractivity contribution < 1.29 is 13.2 Å². The summed E-state index contributed by atoms with van der Waals surface area (Å²) in [5.41, 5.74) is 0.927. The van der Waals surface area contributed by atoms with E-state index in [9.17, 15) is 13.2 Å². The van der Waals surface area contributed by atoms with Crippen molar-refractivity contribution in [3.63, 3.8) is 0 Å². The number of hydrogen-bond donors (Lipinski definition) is 1. The van der Waals surface area contributed by atoms with E-state index in [1.54, 1.807) is 0 Å². The lowest BCUT2D eigenvalue weighted by atomic mass is 10.00. The number of aromatic nitrogens is 1. The van der Waals surface area contributed by atoms with Crippen LogP contribution in [0.4, 0.5) is 0 Å². The molecular formula is C14H23N3O3S2. The first-order chi connectivity index (χ1) is 10.3. The monoisotopic (exact) mass is 345 g/mol. The van der Waals surface area contributed by atoms with Crippen molar-refractivity contribution in [3.05, 3.63) is 16.1 Å². The fourth-order valence-corrected chi connectivity index (χ4v) is 4.30. The highest BCUT2D eigenvalue weighted by Crippen LogP contribution is 2.19. The van der Waals surface area contributed by atoms with Gasteiger partial charge in [-0.15, -0.1) is 11.3 Å². The van der Waals surface area contributed by atoms with Gasteiger partial charge >= 0.3 is 0 Å². The van der Waals surface area contributed by atoms with Gasteiger partial charge in [0.15, 0.2) is 5.01 Å². The molecule has 2 rings (SSSR count). The number of hydrogen-bond acceptors (Lipinski definition) is 5. The number of sulfonamides is 1. The first kappa shape index (κ1) is 17.4. The number of rotatable bonds is 5. The third-order valence-electron chi connectivity index (χ3n) is 3.81. The molecule has 2 heterocycles. The molecule has 1 atom stereocenters. The number of carbonyl (C=O) groups is 1. The Hall–Kier alpha value is -0.990. The molecule has 0 bridgehead atoms. The molecule has 1 N–H and O–H groups in total. The van der Waals surface area contributed by atoms with E-state index >= 15 is 0 Å². The van der Waals surface area contributed by atoms with E-state index in [1.807, 2.05) is 19.2 Å². The molecule has 1 unspecified atom stereocenters. The first-order valence-corrected chi connectivity index (χ1v) is 10.2. The molecule has 1 aromatic heterocycles. The van der Waals surface area contributed by atoms with Crippen LogP contribution < -0.4 is 5.32 Å². The second-order valence-electron chi connectivity index (χ2n) is 6.07. The number of nitrogens with one attached hydrogen (secondary N) is 1. The van der Waals surface area contributed by atoms with E-state index < -0.39 is 10.0 Å². The predicted molar refractivity (Wildman–Crippen MR) is 87.7 cm³/mol. The van der Waals surface area contributed by atoms with Crippen molar-refractivity contribution in [2.45, 2.75) is 32.6 Å². The molecule has 0 saturated carbocycles. The smallest absolute Gasteiger partial charge is 0.280 e. The standard InChI is InChI=1S/C14H23N3O3S2/c1-10(2)12-9-21-14(16-12)13(18)15-7-11-5-4-6-17(8-11)22(3,19)20/h9-11H,4-8H2,1-3H3,(H,15,18). The number of thiazole rings is 1. The molecule has 8 heteroatoms. The maximum absolute atomic E-state index is 12.1. The molecule has 1 aliphatic heterocycles. The fourth-order valence-electron chi connectivity index (χ4n) is 2.46. The van der Waals surface area contributed by atoms with E-state index in [0.717, 1.165) is 18.5 Å². The van der Waals surface area contributed by atoms with Crippen LogP contribution in [0.3, 0.4) is 0 Å². The SMILES string of the molecule is CC(C)c1csc(C(=O)NCC2CCCN(S(C)(=O)=O)C2)n1. The fraction of sp³-hybridized carbons (Fsp3) is 0.714. The summed E-state index contributed by atoms with van der Waals surface area (Å²) in [6.45, 7) is 5.63. The van der Waals surface area contributed by atoms with Crippen molar-refractivity contribution in [1.82, 2.24) is 14.6 Å². The lowest BCUT2D eigenvalue weighted by Gasteiger charge is -2.30. The summed E-state index contributed by atoms with van der Waals surface area (Å²) in [6, 6.07) is 0. The predicted octanol–water partition coefficient (Wildman–Crippen LogP) is 1.67. The summed E-state index contributed by atoms with van der Waals surface area (Å²) >= 11 is 1.35. The van der Waals surface area contributed by atoms with E-state index in [2.05, 4.69) is 10.3 Å². The van der Waals surface area contributed by atoms with Crippen LogP contribution in [0, 0.1) is 5.92 Å². The second-order valence-corrected chi connectivity index (χ2v) is 8.91. The van der Waals surface area contributed by atoms with Crippen LogP contribution in [0.1, 0.15) is 48.1 Å². The highest BCUT2D eigenvalue weighted by molar-refractivity contribution is 7.88. The van der Waals surface area contributed by atoms with E-state index in [-0.39, 0.29) is 11.8 Å². The summed E-state index contributed by atoms with van der Waals surface area (Å²) in [6.07, 6.45) is 3.00. The minimum absolute atomic E-state index is 0.164. The molecule has 1 aromatic rings. The third kappa shape index (κ3) is 4.50. The lowest BCUT2D eigenvalue weighted by molar-refractivity contribution is 0.0941. The molecule has 6 nitrogen and oxygen atoms in total. The van der Waals surface area contributed by atoms with Gasteiger partial charge in [-0.1, -0.05) is 13.8 Å². The molecule has 1 amide bonds. The average Bonchev–Trinajstić information content (AvgIpc) is 2.94. The molecule has 22 heavy (non-hydrogen) atoms. The van der Waals surface area contributed by atoms with Gasteiger partial charge in [0.2, 0.25) is 10.0 Å². The van der Waals surface area contributed by atoms with Gasteiger partial charge in [0.1, 0.15) is 0 Å². The Morgan fingerprint density at radius 1 is 1.55 bits per heavy atom. The van der Waals surface area contributed by atoms with E-state index in [0.29, 0.717) is 30.6 Å². The lowest BCUT2D eigenvalue weighted by Crippen LogP contribution is -2.43. The van der Waals surface area contributed by atoms with Gasteiger partial charge in [0.05, 0.1) is 11.9 Å². The number of amides is 1. The summed E-state index contributed by atoms with van der Waals surface area (Å²) in [5, 5.41) is 5.26. The zero-order valence-electron chi connectivity index (χ0n) is 13.2. The summed E-state index contributed by atoms with van der Waals surface area (Å²) in [7, 11) is -3.15. The Labute approximate surface area is 136 Å². The Bertz CT molecular complexity index is 625. The number of nitrogens with zero attached hydrogens (tertiary/aromatic N) is 2. The summed E-state index contributed by atoms with van der Waals surface area (Å²) in [4.78, 5) is 16.4. The minimum Gasteiger partial charge on any atom is -0.350 e. The van der Waals surface area contributed by atoms with Gasteiger partial charge in [-0.2, -0.15) is 0 Å². The van der Waals surface area contributed by atoms with Gasteiger partial charge in [0.25, 0.3) is 5.91 Å². The Kier molecular flexibility index (Phi) is 5.57. The Morgan fingerprint density at radius 3 is 2.86 bits per heavy atom. The normalized spacial score (nSPS) is 20.3. The molecule has 1 fully saturated rings. The Morgan fingerprint density at radius 2 is 2.27 bits per heavy atom.